The molecule has 0 aliphatic heterocycles. The van der Waals surface area contributed by atoms with Crippen LogP contribution in [0.15, 0.2) is 18.3 Å². The summed E-state index contributed by atoms with van der Waals surface area (Å²) in [6, 6.07) is 3.26. The number of carbonyl (C=O) groups is 1. The number of nitrogens with zero attached hydrogens (tertiary/aromatic N) is 3. The third-order valence-corrected chi connectivity index (χ3v) is 2.93. The van der Waals surface area contributed by atoms with Crippen LogP contribution in [0.2, 0.25) is 5.15 Å². The number of rotatable bonds is 3. The summed E-state index contributed by atoms with van der Waals surface area (Å²) in [5.41, 5.74) is 3.13. The molecule has 2 aromatic rings. The Hall–Kier alpha value is -1.88. The van der Waals surface area contributed by atoms with E-state index in [0.717, 1.165) is 17.0 Å². The van der Waals surface area contributed by atoms with Gasteiger partial charge in [-0.3, -0.25) is 9.48 Å². The monoisotopic (exact) mass is 278 g/mol. The molecule has 0 aliphatic rings. The topological polar surface area (TPSA) is 59.8 Å². The van der Waals surface area contributed by atoms with Gasteiger partial charge < -0.3 is 5.32 Å². The van der Waals surface area contributed by atoms with E-state index in [-0.39, 0.29) is 5.91 Å². The predicted octanol–water partition coefficient (Wildman–Crippen LogP) is 2.02. The van der Waals surface area contributed by atoms with Gasteiger partial charge in [0.2, 0.25) is 0 Å². The van der Waals surface area contributed by atoms with Crippen molar-refractivity contribution in [3.63, 3.8) is 0 Å². The molecule has 0 aromatic carbocycles. The van der Waals surface area contributed by atoms with Crippen LogP contribution >= 0.6 is 11.6 Å². The molecule has 0 saturated heterocycles. The molecular weight excluding hydrogens is 264 g/mol. The minimum absolute atomic E-state index is 0.171. The molecule has 6 heteroatoms. The quantitative estimate of drug-likeness (QED) is 0.874. The number of nitrogens with one attached hydrogen (secondary N) is 1. The molecule has 2 aromatic heterocycles. The number of amides is 1. The minimum Gasteiger partial charge on any atom is -0.348 e. The molecule has 1 N–H and O–H groups in total. The molecule has 0 saturated carbocycles. The molecule has 1 amide bonds. The van der Waals surface area contributed by atoms with Crippen molar-refractivity contribution in [3.05, 3.63) is 46.0 Å². The van der Waals surface area contributed by atoms with E-state index in [1.807, 2.05) is 20.2 Å². The molecule has 100 valence electrons. The highest BCUT2D eigenvalue weighted by Gasteiger charge is 2.09. The second-order valence-electron chi connectivity index (χ2n) is 4.42. The van der Waals surface area contributed by atoms with E-state index in [9.17, 15) is 4.79 Å². The lowest BCUT2D eigenvalue weighted by Crippen LogP contribution is -2.23. The summed E-state index contributed by atoms with van der Waals surface area (Å²) >= 11 is 5.84. The van der Waals surface area contributed by atoms with Crippen molar-refractivity contribution in [2.24, 2.45) is 7.05 Å². The largest absolute Gasteiger partial charge is 0.348 e. The summed E-state index contributed by atoms with van der Waals surface area (Å²) in [5.74, 6) is -0.171. The number of carbonyl (C=O) groups excluding carboxylic acids is 1. The zero-order chi connectivity index (χ0) is 14.0. The van der Waals surface area contributed by atoms with Crippen molar-refractivity contribution in [2.45, 2.75) is 20.4 Å². The standard InChI is InChI=1S/C13H15ClN4O/c1-8-4-10(5-12(14)16-8)13(19)15-6-11-7-18(3)17-9(11)2/h4-5,7H,6H2,1-3H3,(H,15,19). The molecule has 5 nitrogen and oxygen atoms in total. The van der Waals surface area contributed by atoms with Crippen LogP contribution in [0, 0.1) is 13.8 Å². The van der Waals surface area contributed by atoms with Crippen LogP contribution in [-0.2, 0) is 13.6 Å². The van der Waals surface area contributed by atoms with Gasteiger partial charge in [0.15, 0.2) is 0 Å². The first-order chi connectivity index (χ1) is 8.95. The van der Waals surface area contributed by atoms with Crippen LogP contribution in [0.3, 0.4) is 0 Å². The average molecular weight is 279 g/mol. The van der Waals surface area contributed by atoms with Gasteiger partial charge in [-0.15, -0.1) is 0 Å². The summed E-state index contributed by atoms with van der Waals surface area (Å²) < 4.78 is 1.73. The van der Waals surface area contributed by atoms with Crippen molar-refractivity contribution >= 4 is 17.5 Å². The van der Waals surface area contributed by atoms with Gasteiger partial charge in [0.25, 0.3) is 5.91 Å². The molecule has 0 fully saturated rings. The Morgan fingerprint density at radius 3 is 2.74 bits per heavy atom. The summed E-state index contributed by atoms with van der Waals surface area (Å²) in [6.07, 6.45) is 1.89. The molecule has 0 radical (unpaired) electrons. The molecule has 2 rings (SSSR count). The van der Waals surface area contributed by atoms with Gasteiger partial charge in [-0.05, 0) is 26.0 Å². The summed E-state index contributed by atoms with van der Waals surface area (Å²) in [5, 5.41) is 7.39. The predicted molar refractivity (Wildman–Crippen MR) is 73.1 cm³/mol. The van der Waals surface area contributed by atoms with E-state index in [0.29, 0.717) is 17.3 Å². The molecule has 0 aliphatic carbocycles. The number of hydrogen-bond acceptors (Lipinski definition) is 3. The number of aromatic nitrogens is 3. The Labute approximate surface area is 116 Å². The van der Waals surface area contributed by atoms with E-state index in [2.05, 4.69) is 15.4 Å². The molecule has 0 atom stereocenters. The number of aryl methyl sites for hydroxylation is 3. The third-order valence-electron chi connectivity index (χ3n) is 2.74. The Balaban J connectivity index is 2.07. The van der Waals surface area contributed by atoms with Gasteiger partial charge in [0.1, 0.15) is 5.15 Å². The first-order valence-corrected chi connectivity index (χ1v) is 6.25. The Morgan fingerprint density at radius 1 is 1.42 bits per heavy atom. The molecule has 0 unspecified atom stereocenters. The SMILES string of the molecule is Cc1cc(C(=O)NCc2cn(C)nc2C)cc(Cl)n1. The highest BCUT2D eigenvalue weighted by molar-refractivity contribution is 6.29. The van der Waals surface area contributed by atoms with Crippen molar-refractivity contribution in [3.8, 4) is 0 Å². The van der Waals surface area contributed by atoms with Gasteiger partial charge in [0.05, 0.1) is 5.69 Å². The fourth-order valence-corrected chi connectivity index (χ4v) is 2.11. The maximum Gasteiger partial charge on any atom is 0.251 e. The van der Waals surface area contributed by atoms with Gasteiger partial charge >= 0.3 is 0 Å². The molecular formula is C13H15ClN4O. The highest BCUT2D eigenvalue weighted by atomic mass is 35.5. The normalized spacial score (nSPS) is 10.5. The molecule has 0 bridgehead atoms. The summed E-state index contributed by atoms with van der Waals surface area (Å²) in [7, 11) is 1.85. The average Bonchev–Trinajstić information content (AvgIpc) is 2.63. The van der Waals surface area contributed by atoms with E-state index in [1.54, 1.807) is 23.7 Å². The van der Waals surface area contributed by atoms with Gasteiger partial charge in [-0.25, -0.2) is 4.98 Å². The van der Waals surface area contributed by atoms with Gasteiger partial charge in [0, 0.05) is 36.6 Å². The first kappa shape index (κ1) is 13.5. The first-order valence-electron chi connectivity index (χ1n) is 5.87. The maximum atomic E-state index is 12.0. The Morgan fingerprint density at radius 2 is 2.16 bits per heavy atom. The lowest BCUT2D eigenvalue weighted by molar-refractivity contribution is 0.0950. The van der Waals surface area contributed by atoms with Crippen LogP contribution in [0.4, 0.5) is 0 Å². The second-order valence-corrected chi connectivity index (χ2v) is 4.80. The lowest BCUT2D eigenvalue weighted by Gasteiger charge is -2.05. The third kappa shape index (κ3) is 3.32. The van der Waals surface area contributed by atoms with Crippen molar-refractivity contribution in [2.75, 3.05) is 0 Å². The van der Waals surface area contributed by atoms with Crippen molar-refractivity contribution in [1.29, 1.82) is 0 Å². The smallest absolute Gasteiger partial charge is 0.251 e. The Kier molecular flexibility index (Phi) is 3.85. The summed E-state index contributed by atoms with van der Waals surface area (Å²) in [6.45, 7) is 4.15. The van der Waals surface area contributed by atoms with Crippen LogP contribution in [0.25, 0.3) is 0 Å². The zero-order valence-electron chi connectivity index (χ0n) is 11.1. The van der Waals surface area contributed by atoms with Crippen LogP contribution in [0.1, 0.15) is 27.3 Å². The van der Waals surface area contributed by atoms with Gasteiger partial charge in [-0.1, -0.05) is 11.6 Å². The van der Waals surface area contributed by atoms with Crippen molar-refractivity contribution < 1.29 is 4.79 Å². The van der Waals surface area contributed by atoms with Crippen LogP contribution in [0.5, 0.6) is 0 Å². The van der Waals surface area contributed by atoms with E-state index in [1.165, 1.54) is 0 Å². The molecule has 0 spiro atoms. The minimum atomic E-state index is -0.171. The number of pyridine rings is 1. The van der Waals surface area contributed by atoms with Crippen LogP contribution < -0.4 is 5.32 Å². The van der Waals surface area contributed by atoms with E-state index >= 15 is 0 Å². The van der Waals surface area contributed by atoms with Crippen molar-refractivity contribution in [1.82, 2.24) is 20.1 Å². The fraction of sp³-hybridized carbons (Fsp3) is 0.308. The maximum absolute atomic E-state index is 12.0. The zero-order valence-corrected chi connectivity index (χ0v) is 11.8. The summed E-state index contributed by atoms with van der Waals surface area (Å²) in [4.78, 5) is 16.0. The van der Waals surface area contributed by atoms with E-state index in [4.69, 9.17) is 11.6 Å². The highest BCUT2D eigenvalue weighted by Crippen LogP contribution is 2.11. The fourth-order valence-electron chi connectivity index (χ4n) is 1.86. The molecule has 19 heavy (non-hydrogen) atoms. The Bertz CT molecular complexity index is 601. The second kappa shape index (κ2) is 5.40. The van der Waals surface area contributed by atoms with Gasteiger partial charge in [-0.2, -0.15) is 5.10 Å². The molecule has 2 heterocycles. The lowest BCUT2D eigenvalue weighted by atomic mass is 10.2. The number of halogens is 1. The van der Waals surface area contributed by atoms with E-state index < -0.39 is 0 Å². The van der Waals surface area contributed by atoms with Crippen LogP contribution in [-0.4, -0.2) is 20.7 Å². The number of hydrogen-bond donors (Lipinski definition) is 1.